The first-order chi connectivity index (χ1) is 13.7. The molecule has 0 saturated carbocycles. The lowest BCUT2D eigenvalue weighted by Crippen LogP contribution is -2.34. The van der Waals surface area contributed by atoms with Crippen molar-refractivity contribution in [3.8, 4) is 0 Å². The van der Waals surface area contributed by atoms with Gasteiger partial charge >= 0.3 is 0 Å². The second-order valence-corrected chi connectivity index (χ2v) is 9.60. The SMILES string of the molecule is CC(C)Cc1ccc(C(C)C(=O)NS(=O)(=O)c2cc(Cl)cc3cccnc23)cc1. The molecule has 0 radical (unpaired) electrons. The number of hydrogen-bond donors (Lipinski definition) is 1. The van der Waals surface area contributed by atoms with Crippen LogP contribution in [0.15, 0.2) is 59.6 Å². The third kappa shape index (κ3) is 4.95. The second kappa shape index (κ2) is 8.51. The Kier molecular flexibility index (Phi) is 6.24. The van der Waals surface area contributed by atoms with Crippen molar-refractivity contribution in [2.24, 2.45) is 5.92 Å². The first-order valence-electron chi connectivity index (χ1n) is 9.37. The smallest absolute Gasteiger partial charge is 0.266 e. The molecule has 152 valence electrons. The molecule has 0 aliphatic carbocycles. The Morgan fingerprint density at radius 2 is 1.79 bits per heavy atom. The van der Waals surface area contributed by atoms with Crippen LogP contribution < -0.4 is 4.72 Å². The molecule has 3 rings (SSSR count). The van der Waals surface area contributed by atoms with Crippen molar-refractivity contribution in [2.45, 2.75) is 38.0 Å². The lowest BCUT2D eigenvalue weighted by atomic mass is 9.96. The van der Waals surface area contributed by atoms with Crippen LogP contribution in [0, 0.1) is 5.92 Å². The Balaban J connectivity index is 1.84. The highest BCUT2D eigenvalue weighted by Crippen LogP contribution is 2.26. The molecular weight excluding hydrogens is 408 g/mol. The molecule has 1 atom stereocenters. The minimum absolute atomic E-state index is 0.117. The Morgan fingerprint density at radius 3 is 2.45 bits per heavy atom. The van der Waals surface area contributed by atoms with Crippen LogP contribution in [0.5, 0.6) is 0 Å². The van der Waals surface area contributed by atoms with Crippen molar-refractivity contribution in [3.05, 3.63) is 70.9 Å². The van der Waals surface area contributed by atoms with Gasteiger partial charge in [-0.05, 0) is 48.6 Å². The third-order valence-electron chi connectivity index (χ3n) is 4.68. The van der Waals surface area contributed by atoms with E-state index in [2.05, 4.69) is 23.6 Å². The fourth-order valence-corrected chi connectivity index (χ4v) is 4.72. The second-order valence-electron chi connectivity index (χ2n) is 7.51. The number of halogens is 1. The highest BCUT2D eigenvalue weighted by Gasteiger charge is 2.25. The van der Waals surface area contributed by atoms with Crippen molar-refractivity contribution >= 4 is 38.4 Å². The van der Waals surface area contributed by atoms with Gasteiger partial charge in [-0.25, -0.2) is 13.1 Å². The molecule has 0 aliphatic heterocycles. The van der Waals surface area contributed by atoms with E-state index in [0.29, 0.717) is 11.3 Å². The number of aromatic nitrogens is 1. The van der Waals surface area contributed by atoms with Gasteiger partial charge < -0.3 is 0 Å². The molecule has 3 aromatic rings. The van der Waals surface area contributed by atoms with E-state index in [9.17, 15) is 13.2 Å². The van der Waals surface area contributed by atoms with Gasteiger partial charge in [0, 0.05) is 16.6 Å². The standard InChI is InChI=1S/C22H23ClN2O3S/c1-14(2)11-16-6-8-17(9-7-16)15(3)22(26)25-29(27,28)20-13-19(23)12-18-5-4-10-24-21(18)20/h4-10,12-15H,11H2,1-3H3,(H,25,26). The number of rotatable bonds is 6. The monoisotopic (exact) mass is 430 g/mol. The number of amides is 1. The van der Waals surface area contributed by atoms with E-state index < -0.39 is 21.8 Å². The number of nitrogens with zero attached hydrogens (tertiary/aromatic N) is 1. The number of carbonyl (C=O) groups excluding carboxylic acids is 1. The van der Waals surface area contributed by atoms with Crippen LogP contribution in [-0.2, 0) is 21.2 Å². The number of pyridine rings is 1. The number of hydrogen-bond acceptors (Lipinski definition) is 4. The molecule has 1 N–H and O–H groups in total. The zero-order valence-corrected chi connectivity index (χ0v) is 18.1. The predicted octanol–water partition coefficient (Wildman–Crippen LogP) is 4.70. The van der Waals surface area contributed by atoms with Crippen molar-refractivity contribution in [1.29, 1.82) is 0 Å². The molecule has 0 spiro atoms. The number of carbonyl (C=O) groups is 1. The first-order valence-corrected chi connectivity index (χ1v) is 11.2. The number of benzene rings is 2. The fraction of sp³-hybridized carbons (Fsp3) is 0.273. The van der Waals surface area contributed by atoms with Crippen LogP contribution in [0.25, 0.3) is 10.9 Å². The minimum atomic E-state index is -4.13. The molecule has 0 saturated heterocycles. The number of sulfonamides is 1. The van der Waals surface area contributed by atoms with Gasteiger partial charge in [-0.2, -0.15) is 0 Å². The highest BCUT2D eigenvalue weighted by molar-refractivity contribution is 7.90. The zero-order valence-electron chi connectivity index (χ0n) is 16.5. The third-order valence-corrected chi connectivity index (χ3v) is 6.25. The van der Waals surface area contributed by atoms with Gasteiger partial charge in [-0.15, -0.1) is 0 Å². The van der Waals surface area contributed by atoms with Gasteiger partial charge in [0.1, 0.15) is 4.90 Å². The lowest BCUT2D eigenvalue weighted by molar-refractivity contribution is -0.120. The maximum atomic E-state index is 12.9. The fourth-order valence-electron chi connectivity index (χ4n) is 3.17. The average molecular weight is 431 g/mol. The van der Waals surface area contributed by atoms with E-state index in [0.717, 1.165) is 12.0 Å². The van der Waals surface area contributed by atoms with Gasteiger partial charge in [0.15, 0.2) is 0 Å². The Hall–Kier alpha value is -2.44. The van der Waals surface area contributed by atoms with E-state index in [1.165, 1.54) is 17.8 Å². The summed E-state index contributed by atoms with van der Waals surface area (Å²) < 4.78 is 28.0. The summed E-state index contributed by atoms with van der Waals surface area (Å²) in [5.74, 6) is -0.699. The van der Waals surface area contributed by atoms with Crippen LogP contribution in [0.3, 0.4) is 0 Å². The zero-order chi connectivity index (χ0) is 21.2. The lowest BCUT2D eigenvalue weighted by Gasteiger charge is -2.15. The normalized spacial score (nSPS) is 12.9. The Morgan fingerprint density at radius 1 is 1.10 bits per heavy atom. The van der Waals surface area contributed by atoms with Gasteiger partial charge in [0.25, 0.3) is 10.0 Å². The summed E-state index contributed by atoms with van der Waals surface area (Å²) >= 11 is 6.07. The molecule has 2 aromatic carbocycles. The van der Waals surface area contributed by atoms with Crippen LogP contribution in [0.4, 0.5) is 0 Å². The molecule has 1 aromatic heterocycles. The molecule has 5 nitrogen and oxygen atoms in total. The Bertz CT molecular complexity index is 1140. The molecule has 29 heavy (non-hydrogen) atoms. The largest absolute Gasteiger partial charge is 0.273 e. The van der Waals surface area contributed by atoms with Gasteiger partial charge in [0.2, 0.25) is 5.91 Å². The Labute approximate surface area is 176 Å². The summed E-state index contributed by atoms with van der Waals surface area (Å²) in [7, 11) is -4.13. The van der Waals surface area contributed by atoms with Gasteiger partial charge in [0.05, 0.1) is 11.4 Å². The van der Waals surface area contributed by atoms with Crippen LogP contribution in [0.1, 0.15) is 37.8 Å². The molecule has 1 amide bonds. The van der Waals surface area contributed by atoms with Gasteiger partial charge in [-0.3, -0.25) is 9.78 Å². The molecule has 0 aliphatic rings. The van der Waals surface area contributed by atoms with E-state index in [1.54, 1.807) is 25.1 Å². The molecular formula is C22H23ClN2O3S. The summed E-state index contributed by atoms with van der Waals surface area (Å²) in [4.78, 5) is 16.7. The van der Waals surface area contributed by atoms with Gasteiger partial charge in [-0.1, -0.05) is 55.8 Å². The van der Waals surface area contributed by atoms with Crippen LogP contribution in [-0.4, -0.2) is 19.3 Å². The van der Waals surface area contributed by atoms with E-state index in [1.807, 2.05) is 24.3 Å². The quantitative estimate of drug-likeness (QED) is 0.615. The van der Waals surface area contributed by atoms with E-state index in [-0.39, 0.29) is 15.4 Å². The highest BCUT2D eigenvalue weighted by atomic mass is 35.5. The van der Waals surface area contributed by atoms with E-state index >= 15 is 0 Å². The van der Waals surface area contributed by atoms with Crippen molar-refractivity contribution in [1.82, 2.24) is 9.71 Å². The van der Waals surface area contributed by atoms with Crippen LogP contribution in [0.2, 0.25) is 5.02 Å². The maximum Gasteiger partial charge on any atom is 0.266 e. The summed E-state index contributed by atoms with van der Waals surface area (Å²) in [5, 5.41) is 0.841. The topological polar surface area (TPSA) is 76.1 Å². The van der Waals surface area contributed by atoms with E-state index in [4.69, 9.17) is 11.6 Å². The van der Waals surface area contributed by atoms with Crippen molar-refractivity contribution in [2.75, 3.05) is 0 Å². The summed E-state index contributed by atoms with van der Waals surface area (Å²) in [6.07, 6.45) is 2.45. The van der Waals surface area contributed by atoms with Crippen molar-refractivity contribution < 1.29 is 13.2 Å². The summed E-state index contributed by atoms with van der Waals surface area (Å²) in [6, 6.07) is 14.0. The molecule has 7 heteroatoms. The van der Waals surface area contributed by atoms with Crippen molar-refractivity contribution in [3.63, 3.8) is 0 Å². The molecule has 0 bridgehead atoms. The molecule has 1 heterocycles. The number of nitrogens with one attached hydrogen (secondary N) is 1. The summed E-state index contributed by atoms with van der Waals surface area (Å²) in [5.41, 5.74) is 2.20. The van der Waals surface area contributed by atoms with Crippen LogP contribution >= 0.6 is 11.6 Å². The summed E-state index contributed by atoms with van der Waals surface area (Å²) in [6.45, 7) is 5.96. The first kappa shape index (κ1) is 21.3. The predicted molar refractivity (Wildman–Crippen MR) is 115 cm³/mol. The minimum Gasteiger partial charge on any atom is -0.273 e. The molecule has 0 fully saturated rings. The molecule has 1 unspecified atom stereocenters. The number of fused-ring (bicyclic) bond motifs is 1. The maximum absolute atomic E-state index is 12.9. The average Bonchev–Trinajstić information content (AvgIpc) is 2.66.